The van der Waals surface area contributed by atoms with Gasteiger partial charge in [-0.1, -0.05) is 24.3 Å². The van der Waals surface area contributed by atoms with Crippen LogP contribution < -0.4 is 10.1 Å². The first-order chi connectivity index (χ1) is 10.6. The van der Waals surface area contributed by atoms with Gasteiger partial charge in [-0.3, -0.25) is 9.59 Å². The van der Waals surface area contributed by atoms with Crippen LogP contribution in [0.2, 0.25) is 0 Å². The lowest BCUT2D eigenvalue weighted by molar-refractivity contribution is -0.118. The summed E-state index contributed by atoms with van der Waals surface area (Å²) in [5.41, 5.74) is 1.24. The number of carbonyl (C=O) groups excluding carboxylic acids is 2. The third kappa shape index (κ3) is 3.70. The van der Waals surface area contributed by atoms with Crippen molar-refractivity contribution in [1.29, 1.82) is 5.26 Å². The summed E-state index contributed by atoms with van der Waals surface area (Å²) < 4.78 is 5.34. The van der Waals surface area contributed by atoms with Crippen LogP contribution in [0.25, 0.3) is 0 Å². The first-order valence-corrected chi connectivity index (χ1v) is 6.63. The minimum atomic E-state index is -0.401. The fourth-order valence-corrected chi connectivity index (χ4v) is 1.91. The SMILES string of the molecule is CC(=O)c1ccccc1NC(=O)COc1ccccc1C#N. The molecule has 0 aliphatic heterocycles. The molecule has 1 amide bonds. The molecule has 110 valence electrons. The van der Waals surface area contributed by atoms with Crippen molar-refractivity contribution >= 4 is 17.4 Å². The first kappa shape index (κ1) is 15.3. The maximum Gasteiger partial charge on any atom is 0.262 e. The number of hydrogen-bond donors (Lipinski definition) is 1. The van der Waals surface area contributed by atoms with Crippen LogP contribution in [0, 0.1) is 11.3 Å². The molecule has 0 bridgehead atoms. The average Bonchev–Trinajstić information content (AvgIpc) is 2.53. The second kappa shape index (κ2) is 7.04. The Hall–Kier alpha value is -3.13. The summed E-state index contributed by atoms with van der Waals surface area (Å²) in [7, 11) is 0. The zero-order chi connectivity index (χ0) is 15.9. The molecule has 0 radical (unpaired) electrons. The van der Waals surface area contributed by atoms with Crippen LogP contribution in [0.4, 0.5) is 5.69 Å². The lowest BCUT2D eigenvalue weighted by atomic mass is 10.1. The molecule has 0 atom stereocenters. The summed E-state index contributed by atoms with van der Waals surface area (Å²) in [6, 6.07) is 15.4. The number of amides is 1. The molecule has 5 heteroatoms. The molecule has 0 spiro atoms. The maximum atomic E-state index is 11.9. The van der Waals surface area contributed by atoms with E-state index in [1.54, 1.807) is 48.5 Å². The smallest absolute Gasteiger partial charge is 0.262 e. The van der Waals surface area contributed by atoms with Gasteiger partial charge < -0.3 is 10.1 Å². The molecule has 1 N–H and O–H groups in total. The molecular formula is C17H14N2O3. The number of nitriles is 1. The zero-order valence-electron chi connectivity index (χ0n) is 12.0. The second-order valence-corrected chi connectivity index (χ2v) is 4.55. The fourth-order valence-electron chi connectivity index (χ4n) is 1.91. The normalized spacial score (nSPS) is 9.64. The Morgan fingerprint density at radius 1 is 1.14 bits per heavy atom. The molecule has 0 heterocycles. The van der Waals surface area contributed by atoms with Gasteiger partial charge in [0.1, 0.15) is 11.8 Å². The van der Waals surface area contributed by atoms with Gasteiger partial charge in [-0.05, 0) is 31.2 Å². The van der Waals surface area contributed by atoms with Crippen molar-refractivity contribution in [2.45, 2.75) is 6.92 Å². The third-order valence-electron chi connectivity index (χ3n) is 2.95. The number of benzene rings is 2. The van der Waals surface area contributed by atoms with Crippen molar-refractivity contribution in [2.24, 2.45) is 0 Å². The summed E-state index contributed by atoms with van der Waals surface area (Å²) in [5, 5.41) is 11.6. The van der Waals surface area contributed by atoms with E-state index in [0.717, 1.165) is 0 Å². The van der Waals surface area contributed by atoms with Crippen molar-refractivity contribution < 1.29 is 14.3 Å². The molecule has 5 nitrogen and oxygen atoms in total. The summed E-state index contributed by atoms with van der Waals surface area (Å²) in [4.78, 5) is 23.4. The number of Topliss-reactive ketones (excluding diaryl/α,β-unsaturated/α-hetero) is 1. The van der Waals surface area contributed by atoms with E-state index in [0.29, 0.717) is 22.6 Å². The van der Waals surface area contributed by atoms with E-state index in [9.17, 15) is 9.59 Å². The van der Waals surface area contributed by atoms with E-state index < -0.39 is 5.91 Å². The lowest BCUT2D eigenvalue weighted by Crippen LogP contribution is -2.21. The van der Waals surface area contributed by atoms with Gasteiger partial charge >= 0.3 is 0 Å². The first-order valence-electron chi connectivity index (χ1n) is 6.63. The Morgan fingerprint density at radius 2 is 1.82 bits per heavy atom. The molecule has 0 aliphatic rings. The largest absolute Gasteiger partial charge is 0.482 e. The van der Waals surface area contributed by atoms with Crippen LogP contribution in [0.3, 0.4) is 0 Å². The maximum absolute atomic E-state index is 11.9. The van der Waals surface area contributed by atoms with Crippen molar-refractivity contribution in [3.05, 3.63) is 59.7 Å². The minimum Gasteiger partial charge on any atom is -0.482 e. The minimum absolute atomic E-state index is 0.133. The molecule has 0 aromatic heterocycles. The quantitative estimate of drug-likeness (QED) is 0.860. The van der Waals surface area contributed by atoms with Gasteiger partial charge in [0, 0.05) is 5.56 Å². The van der Waals surface area contributed by atoms with Crippen molar-refractivity contribution in [2.75, 3.05) is 11.9 Å². The highest BCUT2D eigenvalue weighted by Crippen LogP contribution is 2.18. The van der Waals surface area contributed by atoms with Gasteiger partial charge in [-0.15, -0.1) is 0 Å². The topological polar surface area (TPSA) is 79.2 Å². The predicted octanol–water partition coefficient (Wildman–Crippen LogP) is 2.78. The zero-order valence-corrected chi connectivity index (χ0v) is 12.0. The highest BCUT2D eigenvalue weighted by molar-refractivity contribution is 6.03. The Morgan fingerprint density at radius 3 is 2.55 bits per heavy atom. The van der Waals surface area contributed by atoms with Crippen molar-refractivity contribution in [3.8, 4) is 11.8 Å². The molecule has 2 rings (SSSR count). The Balaban J connectivity index is 2.03. The second-order valence-electron chi connectivity index (χ2n) is 4.55. The number of anilines is 1. The number of nitrogens with zero attached hydrogens (tertiary/aromatic N) is 1. The Bertz CT molecular complexity index is 748. The lowest BCUT2D eigenvalue weighted by Gasteiger charge is -2.10. The Kier molecular flexibility index (Phi) is 4.89. The molecule has 0 unspecified atom stereocenters. The van der Waals surface area contributed by atoms with E-state index in [2.05, 4.69) is 5.32 Å². The van der Waals surface area contributed by atoms with Crippen LogP contribution >= 0.6 is 0 Å². The van der Waals surface area contributed by atoms with E-state index in [1.807, 2.05) is 6.07 Å². The molecule has 0 aliphatic carbocycles. The van der Waals surface area contributed by atoms with Crippen LogP contribution in [0.15, 0.2) is 48.5 Å². The third-order valence-corrected chi connectivity index (χ3v) is 2.95. The molecule has 2 aromatic rings. The van der Waals surface area contributed by atoms with Crippen LogP contribution in [0.1, 0.15) is 22.8 Å². The number of rotatable bonds is 5. The molecule has 0 saturated heterocycles. The number of hydrogen-bond acceptors (Lipinski definition) is 4. The molecule has 0 saturated carbocycles. The van der Waals surface area contributed by atoms with E-state index >= 15 is 0 Å². The number of ketones is 1. The number of carbonyl (C=O) groups is 2. The number of nitrogens with one attached hydrogen (secondary N) is 1. The van der Waals surface area contributed by atoms with Gasteiger partial charge in [0.2, 0.25) is 0 Å². The summed E-state index contributed by atoms with van der Waals surface area (Å²) in [5.74, 6) is -0.187. The molecule has 0 fully saturated rings. The van der Waals surface area contributed by atoms with Gasteiger partial charge in [0.05, 0.1) is 11.3 Å². The molecular weight excluding hydrogens is 280 g/mol. The van der Waals surface area contributed by atoms with Crippen LogP contribution in [-0.2, 0) is 4.79 Å². The summed E-state index contributed by atoms with van der Waals surface area (Å²) in [6.45, 7) is 1.19. The summed E-state index contributed by atoms with van der Waals surface area (Å²) in [6.07, 6.45) is 0. The van der Waals surface area contributed by atoms with Gasteiger partial charge in [0.15, 0.2) is 12.4 Å². The molecule has 22 heavy (non-hydrogen) atoms. The van der Waals surface area contributed by atoms with Gasteiger partial charge in [-0.2, -0.15) is 5.26 Å². The summed E-state index contributed by atoms with van der Waals surface area (Å²) >= 11 is 0. The van der Waals surface area contributed by atoms with E-state index in [1.165, 1.54) is 6.92 Å². The van der Waals surface area contributed by atoms with Crippen molar-refractivity contribution in [1.82, 2.24) is 0 Å². The van der Waals surface area contributed by atoms with E-state index in [-0.39, 0.29) is 12.4 Å². The average molecular weight is 294 g/mol. The fraction of sp³-hybridized carbons (Fsp3) is 0.118. The van der Waals surface area contributed by atoms with Crippen LogP contribution in [0.5, 0.6) is 5.75 Å². The van der Waals surface area contributed by atoms with Gasteiger partial charge in [-0.25, -0.2) is 0 Å². The predicted molar refractivity (Wildman–Crippen MR) is 81.7 cm³/mol. The number of para-hydroxylation sites is 2. The Labute approximate surface area is 128 Å². The van der Waals surface area contributed by atoms with Crippen molar-refractivity contribution in [3.63, 3.8) is 0 Å². The van der Waals surface area contributed by atoms with Gasteiger partial charge in [0.25, 0.3) is 5.91 Å². The van der Waals surface area contributed by atoms with Crippen LogP contribution in [-0.4, -0.2) is 18.3 Å². The highest BCUT2D eigenvalue weighted by atomic mass is 16.5. The molecule has 2 aromatic carbocycles. The standard InChI is InChI=1S/C17H14N2O3/c1-12(20)14-7-3-4-8-15(14)19-17(21)11-22-16-9-5-2-6-13(16)10-18/h2-9H,11H2,1H3,(H,19,21). The monoisotopic (exact) mass is 294 g/mol. The van der Waals surface area contributed by atoms with E-state index in [4.69, 9.17) is 10.00 Å². The highest BCUT2D eigenvalue weighted by Gasteiger charge is 2.11. The number of ether oxygens (including phenoxy) is 1.